The monoisotopic (exact) mass is 694 g/mol. The number of aryl methyl sites for hydroxylation is 1. The van der Waals surface area contributed by atoms with Crippen LogP contribution in [0.1, 0.15) is 18.4 Å². The first kappa shape index (κ1) is 36.0. The van der Waals surface area contributed by atoms with Gasteiger partial charge in [0.1, 0.15) is 5.02 Å². The molecule has 0 radical (unpaired) electrons. The third-order valence-electron chi connectivity index (χ3n) is 7.98. The molecule has 0 saturated carbocycles. The minimum atomic E-state index is -0.332. The zero-order valence-electron chi connectivity index (χ0n) is 27.9. The molecule has 1 aliphatic heterocycles. The molecule has 13 nitrogen and oxygen atoms in total. The number of aromatic nitrogens is 3. The normalized spacial score (nSPS) is 13.5. The van der Waals surface area contributed by atoms with Crippen molar-refractivity contribution >= 4 is 45.9 Å². The molecule has 1 saturated heterocycles. The van der Waals surface area contributed by atoms with Crippen LogP contribution in [0.5, 0.6) is 5.75 Å². The summed E-state index contributed by atoms with van der Waals surface area (Å²) in [6.07, 6.45) is 3.41. The lowest BCUT2D eigenvalue weighted by atomic mass is 10.1. The van der Waals surface area contributed by atoms with Gasteiger partial charge in [-0.3, -0.25) is 9.59 Å². The molecule has 1 fully saturated rings. The van der Waals surface area contributed by atoms with Gasteiger partial charge < -0.3 is 43.8 Å². The van der Waals surface area contributed by atoms with Gasteiger partial charge in [-0.05, 0) is 42.7 Å². The van der Waals surface area contributed by atoms with E-state index in [2.05, 4.69) is 20.5 Å². The van der Waals surface area contributed by atoms with E-state index in [1.807, 2.05) is 48.5 Å². The van der Waals surface area contributed by atoms with E-state index < -0.39 is 0 Å². The highest BCUT2D eigenvalue weighted by Gasteiger charge is 2.22. The molecule has 14 heteroatoms. The van der Waals surface area contributed by atoms with Gasteiger partial charge in [-0.1, -0.05) is 41.9 Å². The van der Waals surface area contributed by atoms with Crippen LogP contribution in [-0.2, 0) is 37.4 Å². The fourth-order valence-corrected chi connectivity index (χ4v) is 5.42. The molecule has 49 heavy (non-hydrogen) atoms. The molecule has 262 valence electrons. The zero-order valence-corrected chi connectivity index (χ0v) is 28.6. The quantitative estimate of drug-likeness (QED) is 0.146. The van der Waals surface area contributed by atoms with Crippen molar-refractivity contribution in [3.8, 4) is 5.75 Å². The van der Waals surface area contributed by atoms with Gasteiger partial charge in [0.25, 0.3) is 11.5 Å². The minimum absolute atomic E-state index is 0.0831. The lowest BCUT2D eigenvalue weighted by Crippen LogP contribution is -2.38. The number of ether oxygens (including phenoxy) is 5. The Labute approximate surface area is 290 Å². The lowest BCUT2D eigenvalue weighted by molar-refractivity contribution is -0.122. The van der Waals surface area contributed by atoms with Gasteiger partial charge in [-0.25, -0.2) is 4.98 Å². The number of pyridine rings is 1. The Hall–Kier alpha value is -4.27. The standard InChI is InChI=1S/C35H43ClN6O7/c1-37-32(43)24-49-31-21-26-20-27(8-9-30(26)41(2)34(31)44)39-33-29(36)22-38-35(40-33)42-12-10-28(11-13-42)48-19-18-46-15-14-45-16-17-47-23-25-6-4-3-5-7-25/h3-9,20-22,28H,10-19,23-24H2,1-2H3,(H,37,43)(H,38,39,40). The summed E-state index contributed by atoms with van der Waals surface area (Å²) in [5.74, 6) is 0.793. The molecule has 2 aromatic heterocycles. The summed E-state index contributed by atoms with van der Waals surface area (Å²) in [4.78, 5) is 35.6. The lowest BCUT2D eigenvalue weighted by Gasteiger charge is -2.32. The van der Waals surface area contributed by atoms with Crippen LogP contribution in [0.3, 0.4) is 0 Å². The van der Waals surface area contributed by atoms with E-state index in [0.29, 0.717) is 74.2 Å². The smallest absolute Gasteiger partial charge is 0.293 e. The van der Waals surface area contributed by atoms with Gasteiger partial charge in [-0.15, -0.1) is 0 Å². The van der Waals surface area contributed by atoms with Crippen molar-refractivity contribution in [1.29, 1.82) is 0 Å². The third-order valence-corrected chi connectivity index (χ3v) is 8.26. The fraction of sp³-hybridized carbons (Fsp3) is 0.429. The number of rotatable bonds is 18. The van der Waals surface area contributed by atoms with Crippen LogP contribution in [0.15, 0.2) is 65.6 Å². The number of anilines is 3. The average Bonchev–Trinajstić information content (AvgIpc) is 3.13. The predicted molar refractivity (Wildman–Crippen MR) is 188 cm³/mol. The second-order valence-electron chi connectivity index (χ2n) is 11.4. The number of amides is 1. The van der Waals surface area contributed by atoms with E-state index in [1.54, 1.807) is 19.3 Å². The van der Waals surface area contributed by atoms with Crippen molar-refractivity contribution in [3.05, 3.63) is 81.7 Å². The molecule has 2 N–H and O–H groups in total. The fourth-order valence-electron chi connectivity index (χ4n) is 5.28. The number of hydrogen-bond donors (Lipinski definition) is 2. The van der Waals surface area contributed by atoms with Gasteiger partial charge >= 0.3 is 0 Å². The Kier molecular flexibility index (Phi) is 13.6. The minimum Gasteiger partial charge on any atom is -0.478 e. The van der Waals surface area contributed by atoms with Crippen molar-refractivity contribution < 1.29 is 28.5 Å². The molecular formula is C35H43ClN6O7. The molecule has 2 aromatic carbocycles. The molecule has 0 bridgehead atoms. The Morgan fingerprint density at radius 2 is 1.67 bits per heavy atom. The van der Waals surface area contributed by atoms with Gasteiger partial charge in [-0.2, -0.15) is 4.98 Å². The second-order valence-corrected chi connectivity index (χ2v) is 11.8. The molecule has 4 aromatic rings. The van der Waals surface area contributed by atoms with Crippen LogP contribution >= 0.6 is 11.6 Å². The highest BCUT2D eigenvalue weighted by Crippen LogP contribution is 2.28. The molecule has 5 rings (SSSR count). The number of carbonyl (C=O) groups is 1. The molecule has 3 heterocycles. The number of benzene rings is 2. The summed E-state index contributed by atoms with van der Waals surface area (Å²) in [6, 6.07) is 17.2. The predicted octanol–water partition coefficient (Wildman–Crippen LogP) is 4.09. The van der Waals surface area contributed by atoms with E-state index in [4.69, 9.17) is 40.3 Å². The number of piperidine rings is 1. The summed E-state index contributed by atoms with van der Waals surface area (Å²) in [5.41, 5.74) is 2.24. The van der Waals surface area contributed by atoms with Crippen LogP contribution in [-0.4, -0.2) is 92.9 Å². The number of carbonyl (C=O) groups excluding carboxylic acids is 1. The average molecular weight is 695 g/mol. The summed E-state index contributed by atoms with van der Waals surface area (Å²) < 4.78 is 29.8. The Bertz CT molecular complexity index is 1720. The topological polar surface area (TPSA) is 138 Å². The van der Waals surface area contributed by atoms with Crippen LogP contribution in [0, 0.1) is 0 Å². The maximum Gasteiger partial charge on any atom is 0.293 e. The van der Waals surface area contributed by atoms with Gasteiger partial charge in [0.15, 0.2) is 18.2 Å². The largest absolute Gasteiger partial charge is 0.478 e. The van der Waals surface area contributed by atoms with Crippen LogP contribution < -0.4 is 25.8 Å². The van der Waals surface area contributed by atoms with Gasteiger partial charge in [0, 0.05) is 38.3 Å². The SMILES string of the molecule is CNC(=O)COc1cc2cc(Nc3nc(N4CCC(OCCOCCOCCOCc5ccccc5)CC4)ncc3Cl)ccc2n(C)c1=O. The molecule has 0 unspecified atom stereocenters. The number of hydrogen-bond acceptors (Lipinski definition) is 11. The molecule has 0 spiro atoms. The van der Waals surface area contributed by atoms with E-state index in [-0.39, 0.29) is 29.9 Å². The number of fused-ring (bicyclic) bond motifs is 1. The molecular weight excluding hydrogens is 652 g/mol. The summed E-state index contributed by atoms with van der Waals surface area (Å²) >= 11 is 6.48. The highest BCUT2D eigenvalue weighted by atomic mass is 35.5. The summed E-state index contributed by atoms with van der Waals surface area (Å²) in [6.45, 7) is 4.97. The van der Waals surface area contributed by atoms with E-state index in [9.17, 15) is 9.59 Å². The van der Waals surface area contributed by atoms with Crippen molar-refractivity contribution in [2.24, 2.45) is 7.05 Å². The van der Waals surface area contributed by atoms with E-state index in [1.165, 1.54) is 11.6 Å². The molecule has 0 atom stereocenters. The number of nitrogens with zero attached hydrogens (tertiary/aromatic N) is 4. The summed E-state index contributed by atoms with van der Waals surface area (Å²) in [7, 11) is 3.16. The van der Waals surface area contributed by atoms with Gasteiger partial charge in [0.05, 0.1) is 64.1 Å². The number of nitrogens with one attached hydrogen (secondary N) is 2. The molecule has 1 aliphatic rings. The maximum absolute atomic E-state index is 12.7. The van der Waals surface area contributed by atoms with Crippen LogP contribution in [0.4, 0.5) is 17.5 Å². The highest BCUT2D eigenvalue weighted by molar-refractivity contribution is 6.32. The van der Waals surface area contributed by atoms with Crippen molar-refractivity contribution in [2.75, 3.05) is 76.6 Å². The summed E-state index contributed by atoms with van der Waals surface area (Å²) in [5, 5.41) is 6.87. The second kappa shape index (κ2) is 18.5. The van der Waals surface area contributed by atoms with E-state index >= 15 is 0 Å². The Balaban J connectivity index is 1.02. The Morgan fingerprint density at radius 1 is 0.959 bits per heavy atom. The first-order valence-corrected chi connectivity index (χ1v) is 16.7. The first-order valence-electron chi connectivity index (χ1n) is 16.3. The maximum atomic E-state index is 12.7. The first-order chi connectivity index (χ1) is 23.9. The van der Waals surface area contributed by atoms with Crippen molar-refractivity contribution in [2.45, 2.75) is 25.6 Å². The zero-order chi connectivity index (χ0) is 34.4. The molecule has 1 amide bonds. The van der Waals surface area contributed by atoms with Crippen molar-refractivity contribution in [1.82, 2.24) is 19.9 Å². The Morgan fingerprint density at radius 3 is 2.41 bits per heavy atom. The van der Waals surface area contributed by atoms with E-state index in [0.717, 1.165) is 36.9 Å². The van der Waals surface area contributed by atoms with Gasteiger partial charge in [0.2, 0.25) is 5.95 Å². The van der Waals surface area contributed by atoms with Crippen LogP contribution in [0.2, 0.25) is 5.02 Å². The van der Waals surface area contributed by atoms with Crippen LogP contribution in [0.25, 0.3) is 10.9 Å². The molecule has 0 aliphatic carbocycles. The third kappa shape index (κ3) is 10.6. The number of likely N-dealkylation sites (N-methyl/N-ethyl adjacent to an activating group) is 1. The number of halogens is 1. The van der Waals surface area contributed by atoms with Crippen molar-refractivity contribution in [3.63, 3.8) is 0 Å².